The van der Waals surface area contributed by atoms with Crippen LogP contribution >= 0.6 is 0 Å². The number of morpholine rings is 1. The van der Waals surface area contributed by atoms with Gasteiger partial charge in [-0.1, -0.05) is 6.07 Å². The molecule has 5 rings (SSSR count). The first-order chi connectivity index (χ1) is 18.1. The van der Waals surface area contributed by atoms with Crippen molar-refractivity contribution in [3.8, 4) is 11.3 Å². The second-order valence-electron chi connectivity index (χ2n) is 9.40. The quantitative estimate of drug-likeness (QED) is 0.425. The third-order valence-corrected chi connectivity index (χ3v) is 6.75. The maximum atomic E-state index is 12.5. The number of nitrogens with one attached hydrogen (secondary N) is 2. The summed E-state index contributed by atoms with van der Waals surface area (Å²) in [5.41, 5.74) is 10.4. The largest absolute Gasteiger partial charge is 0.381 e. The Balaban J connectivity index is 1.45. The normalized spacial score (nSPS) is 16.9. The molecule has 2 saturated heterocycles. The van der Waals surface area contributed by atoms with Crippen molar-refractivity contribution in [2.75, 3.05) is 50.2 Å². The standard InChI is InChI=1S/C27H33N7O3/c1-18-16-22(3-2-20(18)17-34-10-14-37-15-11-34)31-27-24(25(28)35)32-23(19-4-8-29-9-5-19)26(33-27)30-21-6-12-36-13-7-21/h2-5,8-9,16,21H,6-7,10-15,17H2,1H3,(H2,28,35)(H2,30,31,33). The van der Waals surface area contributed by atoms with Crippen molar-refractivity contribution in [3.63, 3.8) is 0 Å². The number of rotatable bonds is 8. The van der Waals surface area contributed by atoms with E-state index in [0.29, 0.717) is 30.5 Å². The maximum Gasteiger partial charge on any atom is 0.271 e. The first kappa shape index (κ1) is 25.1. The van der Waals surface area contributed by atoms with Crippen LogP contribution in [0.25, 0.3) is 11.3 Å². The molecule has 194 valence electrons. The highest BCUT2D eigenvalue weighted by Gasteiger charge is 2.22. The van der Waals surface area contributed by atoms with Crippen LogP contribution in [0.15, 0.2) is 42.7 Å². The van der Waals surface area contributed by atoms with Gasteiger partial charge in [0.25, 0.3) is 5.91 Å². The zero-order chi connectivity index (χ0) is 25.6. The molecule has 2 fully saturated rings. The number of aromatic nitrogens is 3. The van der Waals surface area contributed by atoms with Crippen molar-refractivity contribution in [1.82, 2.24) is 19.9 Å². The Labute approximate surface area is 216 Å². The van der Waals surface area contributed by atoms with Crippen molar-refractivity contribution in [1.29, 1.82) is 0 Å². The van der Waals surface area contributed by atoms with Gasteiger partial charge in [0.15, 0.2) is 17.3 Å². The van der Waals surface area contributed by atoms with Gasteiger partial charge in [-0.2, -0.15) is 0 Å². The van der Waals surface area contributed by atoms with Gasteiger partial charge < -0.3 is 25.8 Å². The van der Waals surface area contributed by atoms with E-state index < -0.39 is 5.91 Å². The van der Waals surface area contributed by atoms with Crippen molar-refractivity contribution >= 4 is 23.2 Å². The van der Waals surface area contributed by atoms with Gasteiger partial charge in [0, 0.05) is 62.5 Å². The minimum absolute atomic E-state index is 0.0828. The number of carbonyl (C=O) groups is 1. The SMILES string of the molecule is Cc1cc(Nc2nc(NC3CCOCC3)c(-c3ccncc3)nc2C(N)=O)ccc1CN1CCOCC1. The molecule has 0 spiro atoms. The number of nitrogens with zero attached hydrogens (tertiary/aromatic N) is 4. The highest BCUT2D eigenvalue weighted by molar-refractivity contribution is 5.97. The molecule has 3 aromatic rings. The molecule has 37 heavy (non-hydrogen) atoms. The summed E-state index contributed by atoms with van der Waals surface area (Å²) in [6.07, 6.45) is 5.10. The first-order valence-electron chi connectivity index (χ1n) is 12.7. The lowest BCUT2D eigenvalue weighted by atomic mass is 10.1. The first-order valence-corrected chi connectivity index (χ1v) is 12.7. The molecule has 4 heterocycles. The lowest BCUT2D eigenvalue weighted by Gasteiger charge is -2.27. The number of hydrogen-bond donors (Lipinski definition) is 3. The van der Waals surface area contributed by atoms with Crippen molar-refractivity contribution < 1.29 is 14.3 Å². The van der Waals surface area contributed by atoms with Crippen LogP contribution in [0.3, 0.4) is 0 Å². The Morgan fingerprint density at radius 1 is 1.03 bits per heavy atom. The van der Waals surface area contributed by atoms with Crippen molar-refractivity contribution in [2.24, 2.45) is 5.73 Å². The number of primary amides is 1. The van der Waals surface area contributed by atoms with Crippen LogP contribution in [-0.4, -0.2) is 71.3 Å². The molecule has 0 atom stereocenters. The van der Waals surface area contributed by atoms with E-state index in [-0.39, 0.29) is 11.7 Å². The fraction of sp³-hybridized carbons (Fsp3) is 0.407. The number of ether oxygens (including phenoxy) is 2. The van der Waals surface area contributed by atoms with Gasteiger partial charge in [-0.25, -0.2) is 9.97 Å². The fourth-order valence-corrected chi connectivity index (χ4v) is 4.63. The van der Waals surface area contributed by atoms with E-state index in [9.17, 15) is 4.79 Å². The van der Waals surface area contributed by atoms with Crippen molar-refractivity contribution in [3.05, 3.63) is 59.5 Å². The smallest absolute Gasteiger partial charge is 0.271 e. The third kappa shape index (κ3) is 6.22. The van der Waals surface area contributed by atoms with Crippen LogP contribution in [0.2, 0.25) is 0 Å². The molecule has 2 aliphatic heterocycles. The number of hydrogen-bond acceptors (Lipinski definition) is 9. The molecular weight excluding hydrogens is 470 g/mol. The minimum Gasteiger partial charge on any atom is -0.381 e. The van der Waals surface area contributed by atoms with E-state index >= 15 is 0 Å². The number of anilines is 3. The van der Waals surface area contributed by atoms with E-state index in [2.05, 4.69) is 44.6 Å². The van der Waals surface area contributed by atoms with E-state index in [1.807, 2.05) is 18.2 Å². The van der Waals surface area contributed by atoms with Crippen LogP contribution in [-0.2, 0) is 16.0 Å². The summed E-state index contributed by atoms with van der Waals surface area (Å²) in [7, 11) is 0. The second kappa shape index (κ2) is 11.6. The summed E-state index contributed by atoms with van der Waals surface area (Å²) >= 11 is 0. The van der Waals surface area contributed by atoms with Gasteiger partial charge in [-0.05, 0) is 55.2 Å². The molecule has 2 aromatic heterocycles. The number of amides is 1. The predicted octanol–water partition coefficient (Wildman–Crippen LogP) is 3.11. The minimum atomic E-state index is -0.649. The molecule has 4 N–H and O–H groups in total. The summed E-state index contributed by atoms with van der Waals surface area (Å²) in [6, 6.07) is 10.0. The molecular formula is C27H33N7O3. The van der Waals surface area contributed by atoms with Crippen LogP contribution in [0.4, 0.5) is 17.3 Å². The van der Waals surface area contributed by atoms with E-state index in [1.165, 1.54) is 5.56 Å². The molecule has 10 nitrogen and oxygen atoms in total. The Bertz CT molecular complexity index is 1230. The van der Waals surface area contributed by atoms with Gasteiger partial charge in [0.2, 0.25) is 0 Å². The third-order valence-electron chi connectivity index (χ3n) is 6.75. The number of nitrogens with two attached hydrogens (primary N) is 1. The average Bonchev–Trinajstić information content (AvgIpc) is 2.92. The van der Waals surface area contributed by atoms with Crippen LogP contribution < -0.4 is 16.4 Å². The average molecular weight is 504 g/mol. The Morgan fingerprint density at radius 2 is 1.76 bits per heavy atom. The lowest BCUT2D eigenvalue weighted by molar-refractivity contribution is 0.0341. The molecule has 1 aromatic carbocycles. The molecule has 1 amide bonds. The number of carbonyl (C=O) groups excluding carboxylic acids is 1. The number of benzene rings is 1. The summed E-state index contributed by atoms with van der Waals surface area (Å²) in [4.78, 5) is 28.5. The molecule has 0 saturated carbocycles. The molecule has 10 heteroatoms. The van der Waals surface area contributed by atoms with Crippen LogP contribution in [0.1, 0.15) is 34.5 Å². The molecule has 0 radical (unpaired) electrons. The zero-order valence-electron chi connectivity index (χ0n) is 21.1. The number of aryl methyl sites for hydroxylation is 1. The van der Waals surface area contributed by atoms with Gasteiger partial charge in [-0.15, -0.1) is 0 Å². The summed E-state index contributed by atoms with van der Waals surface area (Å²) in [5, 5.41) is 6.82. The van der Waals surface area contributed by atoms with Gasteiger partial charge in [-0.3, -0.25) is 14.7 Å². The lowest BCUT2D eigenvalue weighted by Crippen LogP contribution is -2.35. The molecule has 0 aliphatic carbocycles. The van der Waals surface area contributed by atoms with Crippen LogP contribution in [0, 0.1) is 6.92 Å². The summed E-state index contributed by atoms with van der Waals surface area (Å²) in [6.45, 7) is 7.76. The highest BCUT2D eigenvalue weighted by Crippen LogP contribution is 2.30. The monoisotopic (exact) mass is 503 g/mol. The summed E-state index contributed by atoms with van der Waals surface area (Å²) in [5.74, 6) is 0.259. The van der Waals surface area contributed by atoms with Gasteiger partial charge in [0.05, 0.1) is 13.2 Å². The Hall–Kier alpha value is -3.60. The summed E-state index contributed by atoms with van der Waals surface area (Å²) < 4.78 is 11.0. The Kier molecular flexibility index (Phi) is 7.88. The topological polar surface area (TPSA) is 128 Å². The van der Waals surface area contributed by atoms with Gasteiger partial charge >= 0.3 is 0 Å². The van der Waals surface area contributed by atoms with E-state index in [0.717, 1.165) is 62.5 Å². The predicted molar refractivity (Wildman–Crippen MR) is 142 cm³/mol. The zero-order valence-corrected chi connectivity index (χ0v) is 21.1. The Morgan fingerprint density at radius 3 is 2.46 bits per heavy atom. The van der Waals surface area contributed by atoms with Gasteiger partial charge in [0.1, 0.15) is 5.69 Å². The maximum absolute atomic E-state index is 12.5. The molecule has 0 unspecified atom stereocenters. The fourth-order valence-electron chi connectivity index (χ4n) is 4.63. The van der Waals surface area contributed by atoms with E-state index in [1.54, 1.807) is 12.4 Å². The van der Waals surface area contributed by atoms with Crippen molar-refractivity contribution in [2.45, 2.75) is 32.4 Å². The second-order valence-corrected chi connectivity index (χ2v) is 9.40. The van der Waals surface area contributed by atoms with Crippen LogP contribution in [0.5, 0.6) is 0 Å². The number of pyridine rings is 1. The molecule has 2 aliphatic rings. The van der Waals surface area contributed by atoms with E-state index in [4.69, 9.17) is 20.2 Å². The molecule has 0 bridgehead atoms. The highest BCUT2D eigenvalue weighted by atomic mass is 16.5.